The van der Waals surface area contributed by atoms with Crippen LogP contribution in [0.5, 0.6) is 0 Å². The lowest BCUT2D eigenvalue weighted by atomic mass is 9.75. The Bertz CT molecular complexity index is 1190. The zero-order valence-corrected chi connectivity index (χ0v) is 19.4. The number of amides is 1. The van der Waals surface area contributed by atoms with Gasteiger partial charge in [-0.05, 0) is 55.7 Å². The minimum Gasteiger partial charge on any atom is -0.349 e. The van der Waals surface area contributed by atoms with E-state index >= 15 is 0 Å². The molecule has 0 unspecified atom stereocenters. The van der Waals surface area contributed by atoms with Gasteiger partial charge in [-0.15, -0.1) is 0 Å². The molecule has 1 aliphatic carbocycles. The maximum Gasteiger partial charge on any atom is 0.254 e. The molecule has 2 aromatic carbocycles. The maximum atomic E-state index is 14.8. The van der Waals surface area contributed by atoms with E-state index in [-0.39, 0.29) is 33.7 Å². The zero-order valence-electron chi connectivity index (χ0n) is 18.7. The van der Waals surface area contributed by atoms with Crippen LogP contribution in [0, 0.1) is 24.0 Å². The van der Waals surface area contributed by atoms with Gasteiger partial charge in [0.15, 0.2) is 5.82 Å². The number of carbonyl (C=O) groups excluding carboxylic acids is 1. The number of nitrogens with one attached hydrogen (secondary N) is 2. The minimum absolute atomic E-state index is 0.0398. The Labute approximate surface area is 191 Å². The number of rotatable bonds is 4. The summed E-state index contributed by atoms with van der Waals surface area (Å²) in [5, 5.41) is 6.08. The molecule has 1 aliphatic rings. The number of imidazole rings is 1. The van der Waals surface area contributed by atoms with Gasteiger partial charge in [-0.3, -0.25) is 4.79 Å². The Kier molecular flexibility index (Phi) is 5.88. The minimum atomic E-state index is -0.625. The molecule has 0 spiro atoms. The Balaban J connectivity index is 1.60. The molecule has 1 heterocycles. The molecule has 32 heavy (non-hydrogen) atoms. The van der Waals surface area contributed by atoms with E-state index in [4.69, 9.17) is 11.6 Å². The second-order valence-corrected chi connectivity index (χ2v) is 9.81. The van der Waals surface area contributed by atoms with Crippen LogP contribution in [0.4, 0.5) is 20.4 Å². The van der Waals surface area contributed by atoms with Crippen molar-refractivity contribution in [3.63, 3.8) is 0 Å². The largest absolute Gasteiger partial charge is 0.349 e. The second-order valence-electron chi connectivity index (χ2n) is 9.41. The highest BCUT2D eigenvalue weighted by Crippen LogP contribution is 2.35. The molecule has 1 saturated carbocycles. The lowest BCUT2D eigenvalue weighted by molar-refractivity contribution is 0.0905. The first kappa shape index (κ1) is 22.5. The van der Waals surface area contributed by atoms with Crippen molar-refractivity contribution in [3.05, 3.63) is 52.0 Å². The van der Waals surface area contributed by atoms with E-state index in [2.05, 4.69) is 29.5 Å². The second kappa shape index (κ2) is 8.35. The predicted molar refractivity (Wildman–Crippen MR) is 124 cm³/mol. The molecule has 4 rings (SSSR count). The summed E-state index contributed by atoms with van der Waals surface area (Å²) in [7, 11) is 1.68. The number of aryl methyl sites for hydroxylation is 2. The molecule has 0 bridgehead atoms. The van der Waals surface area contributed by atoms with Crippen molar-refractivity contribution >= 4 is 40.2 Å². The van der Waals surface area contributed by atoms with Gasteiger partial charge in [0.1, 0.15) is 5.82 Å². The normalized spacial score (nSPS) is 16.3. The third kappa shape index (κ3) is 4.31. The van der Waals surface area contributed by atoms with Crippen LogP contribution in [0.15, 0.2) is 24.3 Å². The zero-order chi connectivity index (χ0) is 23.2. The average Bonchev–Trinajstić information content (AvgIpc) is 3.04. The van der Waals surface area contributed by atoms with E-state index in [9.17, 15) is 13.6 Å². The van der Waals surface area contributed by atoms with Crippen LogP contribution in [0.2, 0.25) is 5.02 Å². The molecule has 1 fully saturated rings. The average molecular weight is 461 g/mol. The molecule has 5 nitrogen and oxygen atoms in total. The van der Waals surface area contributed by atoms with Crippen molar-refractivity contribution < 1.29 is 13.6 Å². The molecule has 170 valence electrons. The standard InChI is InChI=1S/C24H27ClF2N4O/c1-13-5-6-16(25)21(20(13)27)30-23-29-18-11-15(17(26)12-19(18)31(23)4)22(32)28-14-7-9-24(2,3)10-8-14/h5-6,11-12,14H,7-10H2,1-4H3,(H,28,32)(H,29,30). The number of carbonyl (C=O) groups is 1. The quantitative estimate of drug-likeness (QED) is 0.483. The van der Waals surface area contributed by atoms with Crippen molar-refractivity contribution in [2.75, 3.05) is 5.32 Å². The first-order valence-corrected chi connectivity index (χ1v) is 11.1. The molecule has 2 N–H and O–H groups in total. The molecule has 1 amide bonds. The Morgan fingerprint density at radius 1 is 1.22 bits per heavy atom. The van der Waals surface area contributed by atoms with Crippen LogP contribution in [-0.2, 0) is 7.05 Å². The fourth-order valence-electron chi connectivity index (χ4n) is 4.19. The van der Waals surface area contributed by atoms with Gasteiger partial charge < -0.3 is 15.2 Å². The summed E-state index contributed by atoms with van der Waals surface area (Å²) in [4.78, 5) is 17.2. The number of nitrogens with zero attached hydrogens (tertiary/aromatic N) is 2. The summed E-state index contributed by atoms with van der Waals surface area (Å²) >= 11 is 6.15. The highest BCUT2D eigenvalue weighted by atomic mass is 35.5. The van der Waals surface area contributed by atoms with Gasteiger partial charge in [0.05, 0.1) is 27.3 Å². The van der Waals surface area contributed by atoms with Crippen LogP contribution in [0.25, 0.3) is 11.0 Å². The number of benzene rings is 2. The molecular formula is C24H27ClF2N4O. The smallest absolute Gasteiger partial charge is 0.254 e. The van der Waals surface area contributed by atoms with Crippen LogP contribution in [0.1, 0.15) is 55.5 Å². The number of aromatic nitrogens is 2. The van der Waals surface area contributed by atoms with Crippen molar-refractivity contribution in [2.24, 2.45) is 12.5 Å². The number of fused-ring (bicyclic) bond motifs is 1. The van der Waals surface area contributed by atoms with E-state index in [1.165, 1.54) is 12.1 Å². The van der Waals surface area contributed by atoms with E-state index < -0.39 is 17.5 Å². The van der Waals surface area contributed by atoms with E-state index in [1.807, 2.05) is 0 Å². The fourth-order valence-corrected chi connectivity index (χ4v) is 4.38. The first-order chi connectivity index (χ1) is 15.1. The van der Waals surface area contributed by atoms with Crippen LogP contribution in [0.3, 0.4) is 0 Å². The monoisotopic (exact) mass is 460 g/mol. The van der Waals surface area contributed by atoms with Crippen LogP contribution >= 0.6 is 11.6 Å². The summed E-state index contributed by atoms with van der Waals surface area (Å²) in [5.41, 5.74) is 1.67. The summed E-state index contributed by atoms with van der Waals surface area (Å²) in [6.45, 7) is 6.08. The summed E-state index contributed by atoms with van der Waals surface area (Å²) in [6.07, 6.45) is 3.80. The maximum absolute atomic E-state index is 14.8. The molecule has 0 atom stereocenters. The number of halogens is 3. The van der Waals surface area contributed by atoms with Gasteiger partial charge in [0, 0.05) is 19.2 Å². The number of anilines is 2. The molecule has 0 radical (unpaired) electrons. The Morgan fingerprint density at radius 2 is 1.91 bits per heavy atom. The third-order valence-corrected chi connectivity index (χ3v) is 6.72. The molecule has 0 saturated heterocycles. The van der Waals surface area contributed by atoms with Gasteiger partial charge in [0.25, 0.3) is 5.91 Å². The number of hydrogen-bond acceptors (Lipinski definition) is 3. The van der Waals surface area contributed by atoms with E-state index in [0.29, 0.717) is 16.6 Å². The lowest BCUT2D eigenvalue weighted by Crippen LogP contribution is -2.39. The van der Waals surface area contributed by atoms with Crippen LogP contribution < -0.4 is 10.6 Å². The summed E-state index contributed by atoms with van der Waals surface area (Å²) < 4.78 is 31.0. The van der Waals surface area contributed by atoms with Crippen molar-refractivity contribution in [1.82, 2.24) is 14.9 Å². The highest BCUT2D eigenvalue weighted by molar-refractivity contribution is 6.33. The summed E-state index contributed by atoms with van der Waals surface area (Å²) in [5.74, 6) is -1.26. The van der Waals surface area contributed by atoms with E-state index in [1.54, 1.807) is 30.7 Å². The van der Waals surface area contributed by atoms with Crippen molar-refractivity contribution in [3.8, 4) is 0 Å². The molecular weight excluding hydrogens is 434 g/mol. The summed E-state index contributed by atoms with van der Waals surface area (Å²) in [6, 6.07) is 5.94. The van der Waals surface area contributed by atoms with Crippen molar-refractivity contribution in [1.29, 1.82) is 0 Å². The molecule has 8 heteroatoms. The predicted octanol–water partition coefficient (Wildman–Crippen LogP) is 6.26. The Hall–Kier alpha value is -2.67. The van der Waals surface area contributed by atoms with Gasteiger partial charge in [-0.2, -0.15) is 0 Å². The fraction of sp³-hybridized carbons (Fsp3) is 0.417. The molecule has 0 aliphatic heterocycles. The topological polar surface area (TPSA) is 59.0 Å². The molecule has 3 aromatic rings. The van der Waals surface area contributed by atoms with Gasteiger partial charge in [-0.1, -0.05) is 31.5 Å². The number of hydrogen-bond donors (Lipinski definition) is 2. The van der Waals surface area contributed by atoms with E-state index in [0.717, 1.165) is 25.7 Å². The third-order valence-electron chi connectivity index (χ3n) is 6.41. The van der Waals surface area contributed by atoms with Crippen molar-refractivity contribution in [2.45, 2.75) is 52.5 Å². The van der Waals surface area contributed by atoms with Gasteiger partial charge in [-0.25, -0.2) is 13.8 Å². The molecule has 1 aromatic heterocycles. The lowest BCUT2D eigenvalue weighted by Gasteiger charge is -2.34. The Morgan fingerprint density at radius 3 is 2.59 bits per heavy atom. The first-order valence-electron chi connectivity index (χ1n) is 10.7. The van der Waals surface area contributed by atoms with Gasteiger partial charge >= 0.3 is 0 Å². The van der Waals surface area contributed by atoms with Gasteiger partial charge in [0.2, 0.25) is 5.95 Å². The highest BCUT2D eigenvalue weighted by Gasteiger charge is 2.28. The SMILES string of the molecule is Cc1ccc(Cl)c(Nc2nc3cc(C(=O)NC4CCC(C)(C)CC4)c(F)cc3n2C)c1F. The van der Waals surface area contributed by atoms with Crippen LogP contribution in [-0.4, -0.2) is 21.5 Å².